The molecule has 0 radical (unpaired) electrons. The van der Waals surface area contributed by atoms with Gasteiger partial charge in [0.15, 0.2) is 0 Å². The molecule has 0 saturated carbocycles. The van der Waals surface area contributed by atoms with E-state index in [0.717, 1.165) is 38.8 Å². The normalized spacial score (nSPS) is 34.1. The van der Waals surface area contributed by atoms with Gasteiger partial charge in [-0.2, -0.15) is 0 Å². The van der Waals surface area contributed by atoms with Crippen LogP contribution in [0.1, 0.15) is 51.4 Å². The van der Waals surface area contributed by atoms with Crippen molar-refractivity contribution in [3.05, 3.63) is 11.6 Å². The Balaban J connectivity index is 2.07. The zero-order valence-electron chi connectivity index (χ0n) is 9.60. The SMILES string of the molecule is OC1(C2=CCCCCC2)CCCNCC1. The third kappa shape index (κ3) is 2.82. The van der Waals surface area contributed by atoms with E-state index in [1.807, 2.05) is 0 Å². The summed E-state index contributed by atoms with van der Waals surface area (Å²) in [6, 6.07) is 0. The minimum atomic E-state index is -0.478. The summed E-state index contributed by atoms with van der Waals surface area (Å²) < 4.78 is 0. The summed E-state index contributed by atoms with van der Waals surface area (Å²) in [6.45, 7) is 2.03. The fourth-order valence-electron chi connectivity index (χ4n) is 2.81. The first-order valence-electron chi connectivity index (χ1n) is 6.44. The fraction of sp³-hybridized carbons (Fsp3) is 0.846. The lowest BCUT2D eigenvalue weighted by Gasteiger charge is -2.29. The second-order valence-corrected chi connectivity index (χ2v) is 4.96. The summed E-state index contributed by atoms with van der Waals surface area (Å²) in [5.41, 5.74) is 0.858. The van der Waals surface area contributed by atoms with Crippen LogP contribution in [0.2, 0.25) is 0 Å². The van der Waals surface area contributed by atoms with Crippen LogP contribution < -0.4 is 5.32 Å². The van der Waals surface area contributed by atoms with Gasteiger partial charge in [0.25, 0.3) is 0 Å². The van der Waals surface area contributed by atoms with Crippen molar-refractivity contribution in [1.29, 1.82) is 0 Å². The van der Waals surface area contributed by atoms with Gasteiger partial charge >= 0.3 is 0 Å². The van der Waals surface area contributed by atoms with E-state index in [1.54, 1.807) is 0 Å². The van der Waals surface area contributed by atoms with Gasteiger partial charge in [-0.05, 0) is 63.6 Å². The molecule has 0 bridgehead atoms. The molecule has 2 aliphatic rings. The zero-order chi connectivity index (χ0) is 10.6. The molecule has 1 aliphatic carbocycles. The Morgan fingerprint density at radius 2 is 2.00 bits per heavy atom. The Hall–Kier alpha value is -0.340. The number of hydrogen-bond acceptors (Lipinski definition) is 2. The van der Waals surface area contributed by atoms with Crippen LogP contribution in [0.15, 0.2) is 11.6 Å². The van der Waals surface area contributed by atoms with Crippen molar-refractivity contribution in [3.63, 3.8) is 0 Å². The molecule has 0 amide bonds. The molecule has 0 aromatic carbocycles. The quantitative estimate of drug-likeness (QED) is 0.650. The number of allylic oxidation sites excluding steroid dienone is 1. The number of aliphatic hydroxyl groups is 1. The highest BCUT2D eigenvalue weighted by Crippen LogP contribution is 2.33. The van der Waals surface area contributed by atoms with Crippen molar-refractivity contribution in [2.45, 2.75) is 57.0 Å². The van der Waals surface area contributed by atoms with E-state index in [1.165, 1.54) is 31.3 Å². The van der Waals surface area contributed by atoms with Crippen LogP contribution in [0.3, 0.4) is 0 Å². The van der Waals surface area contributed by atoms with Gasteiger partial charge in [0.2, 0.25) is 0 Å². The fourth-order valence-corrected chi connectivity index (χ4v) is 2.81. The van der Waals surface area contributed by atoms with E-state index < -0.39 is 5.60 Å². The van der Waals surface area contributed by atoms with Crippen LogP contribution in [0.25, 0.3) is 0 Å². The van der Waals surface area contributed by atoms with Crippen LogP contribution in [-0.4, -0.2) is 23.8 Å². The summed E-state index contributed by atoms with van der Waals surface area (Å²) in [7, 11) is 0. The first-order chi connectivity index (χ1) is 7.31. The van der Waals surface area contributed by atoms with E-state index in [0.29, 0.717) is 0 Å². The maximum atomic E-state index is 10.7. The van der Waals surface area contributed by atoms with Gasteiger partial charge in [-0.15, -0.1) is 0 Å². The monoisotopic (exact) mass is 209 g/mol. The largest absolute Gasteiger partial charge is 0.385 e. The smallest absolute Gasteiger partial charge is 0.0869 e. The van der Waals surface area contributed by atoms with Crippen LogP contribution in [0.5, 0.6) is 0 Å². The van der Waals surface area contributed by atoms with Crippen molar-refractivity contribution >= 4 is 0 Å². The van der Waals surface area contributed by atoms with Gasteiger partial charge < -0.3 is 10.4 Å². The molecule has 1 fully saturated rings. The molecular formula is C13H23NO. The molecule has 2 nitrogen and oxygen atoms in total. The molecule has 2 heteroatoms. The van der Waals surface area contributed by atoms with Crippen LogP contribution in [-0.2, 0) is 0 Å². The third-order valence-electron chi connectivity index (χ3n) is 3.80. The summed E-state index contributed by atoms with van der Waals surface area (Å²) in [5.74, 6) is 0. The lowest BCUT2D eigenvalue weighted by molar-refractivity contribution is 0.0618. The molecule has 2 rings (SSSR count). The lowest BCUT2D eigenvalue weighted by Crippen LogP contribution is -2.32. The average molecular weight is 209 g/mol. The van der Waals surface area contributed by atoms with Crippen LogP contribution >= 0.6 is 0 Å². The molecule has 1 aliphatic heterocycles. The first-order valence-corrected chi connectivity index (χ1v) is 6.44. The Kier molecular flexibility index (Phi) is 3.81. The molecule has 86 valence electrons. The van der Waals surface area contributed by atoms with E-state index in [9.17, 15) is 5.11 Å². The van der Waals surface area contributed by atoms with E-state index in [4.69, 9.17) is 0 Å². The predicted octanol–water partition coefficient (Wildman–Crippen LogP) is 2.38. The first kappa shape index (κ1) is 11.2. The molecule has 15 heavy (non-hydrogen) atoms. The van der Waals surface area contributed by atoms with Crippen LogP contribution in [0.4, 0.5) is 0 Å². The maximum Gasteiger partial charge on any atom is 0.0869 e. The Morgan fingerprint density at radius 1 is 1.07 bits per heavy atom. The van der Waals surface area contributed by atoms with Crippen molar-refractivity contribution in [1.82, 2.24) is 5.32 Å². The number of rotatable bonds is 1. The minimum absolute atomic E-state index is 0.478. The third-order valence-corrected chi connectivity index (χ3v) is 3.80. The summed E-state index contributed by atoms with van der Waals surface area (Å²) >= 11 is 0. The lowest BCUT2D eigenvalue weighted by atomic mass is 9.84. The Labute approximate surface area is 92.8 Å². The van der Waals surface area contributed by atoms with Gasteiger partial charge in [0, 0.05) is 0 Å². The molecule has 1 unspecified atom stereocenters. The van der Waals surface area contributed by atoms with Crippen molar-refractivity contribution in [2.24, 2.45) is 0 Å². The van der Waals surface area contributed by atoms with Crippen LogP contribution in [0, 0.1) is 0 Å². The van der Waals surface area contributed by atoms with Gasteiger partial charge in [-0.1, -0.05) is 12.5 Å². The summed E-state index contributed by atoms with van der Waals surface area (Å²) in [4.78, 5) is 0. The molecule has 1 atom stereocenters. The minimum Gasteiger partial charge on any atom is -0.385 e. The summed E-state index contributed by atoms with van der Waals surface area (Å²) in [5, 5.41) is 14.1. The second-order valence-electron chi connectivity index (χ2n) is 4.96. The Morgan fingerprint density at radius 3 is 2.93 bits per heavy atom. The standard InChI is InChI=1S/C13H23NO/c15-13(8-5-10-14-11-9-13)12-6-3-1-2-4-7-12/h6,14-15H,1-5,7-11H2. The second kappa shape index (κ2) is 5.13. The molecular weight excluding hydrogens is 186 g/mol. The van der Waals surface area contributed by atoms with E-state index in [-0.39, 0.29) is 0 Å². The molecule has 1 saturated heterocycles. The molecule has 2 N–H and O–H groups in total. The van der Waals surface area contributed by atoms with Gasteiger partial charge in [-0.25, -0.2) is 0 Å². The Bertz CT molecular complexity index is 227. The van der Waals surface area contributed by atoms with Crippen molar-refractivity contribution in [2.75, 3.05) is 13.1 Å². The van der Waals surface area contributed by atoms with Gasteiger partial charge in [0.1, 0.15) is 0 Å². The molecule has 0 aromatic rings. The average Bonchev–Trinajstić information content (AvgIpc) is 2.60. The maximum absolute atomic E-state index is 10.7. The molecule has 1 heterocycles. The highest BCUT2D eigenvalue weighted by molar-refractivity contribution is 5.18. The van der Waals surface area contributed by atoms with Crippen molar-refractivity contribution in [3.8, 4) is 0 Å². The van der Waals surface area contributed by atoms with Gasteiger partial charge in [0.05, 0.1) is 5.60 Å². The highest BCUT2D eigenvalue weighted by Gasteiger charge is 2.31. The van der Waals surface area contributed by atoms with Crippen molar-refractivity contribution < 1.29 is 5.11 Å². The topological polar surface area (TPSA) is 32.3 Å². The predicted molar refractivity (Wildman–Crippen MR) is 62.8 cm³/mol. The summed E-state index contributed by atoms with van der Waals surface area (Å²) in [6.07, 6.45) is 11.5. The molecule has 0 aromatic heterocycles. The zero-order valence-corrected chi connectivity index (χ0v) is 9.60. The van der Waals surface area contributed by atoms with E-state index in [2.05, 4.69) is 11.4 Å². The highest BCUT2D eigenvalue weighted by atomic mass is 16.3. The number of nitrogens with one attached hydrogen (secondary N) is 1. The number of hydrogen-bond donors (Lipinski definition) is 2. The van der Waals surface area contributed by atoms with E-state index >= 15 is 0 Å². The molecule has 0 spiro atoms. The van der Waals surface area contributed by atoms with Gasteiger partial charge in [-0.3, -0.25) is 0 Å².